The van der Waals surface area contributed by atoms with Crippen LogP contribution in [0.4, 0.5) is 13.2 Å². The van der Waals surface area contributed by atoms with Gasteiger partial charge in [0.15, 0.2) is 0 Å². The molecule has 1 heterocycles. The van der Waals surface area contributed by atoms with Crippen molar-refractivity contribution in [2.45, 2.75) is 32.4 Å². The molecule has 18 heavy (non-hydrogen) atoms. The van der Waals surface area contributed by atoms with Crippen LogP contribution in [-0.4, -0.2) is 4.98 Å². The quantitative estimate of drug-likeness (QED) is 0.779. The molecular weight excluding hydrogens is 239 g/mol. The highest BCUT2D eigenvalue weighted by atomic mass is 19.4. The van der Waals surface area contributed by atoms with Crippen molar-refractivity contribution < 1.29 is 13.2 Å². The van der Waals surface area contributed by atoms with Crippen LogP contribution < -0.4 is 0 Å². The van der Waals surface area contributed by atoms with Gasteiger partial charge in [0.05, 0.1) is 11.1 Å². The first-order valence-corrected chi connectivity index (χ1v) is 5.96. The van der Waals surface area contributed by atoms with Crippen molar-refractivity contribution in [3.05, 3.63) is 41.6 Å². The Morgan fingerprint density at radius 3 is 2.61 bits per heavy atom. The van der Waals surface area contributed by atoms with Gasteiger partial charge < -0.3 is 0 Å². The summed E-state index contributed by atoms with van der Waals surface area (Å²) >= 11 is 0. The number of nitrogens with zero attached hydrogens (tertiary/aromatic N) is 1. The lowest BCUT2D eigenvalue weighted by atomic mass is 10.1. The van der Waals surface area contributed by atoms with Gasteiger partial charge in [-0.3, -0.25) is 4.98 Å². The summed E-state index contributed by atoms with van der Waals surface area (Å²) in [5.41, 5.74) is 0.818. The highest BCUT2D eigenvalue weighted by Gasteiger charge is 2.30. The van der Waals surface area contributed by atoms with E-state index in [4.69, 9.17) is 0 Å². The van der Waals surface area contributed by atoms with E-state index in [1.54, 1.807) is 6.20 Å². The van der Waals surface area contributed by atoms with Gasteiger partial charge in [0.2, 0.25) is 0 Å². The molecule has 0 aliphatic rings. The van der Waals surface area contributed by atoms with Crippen LogP contribution in [0.15, 0.2) is 30.5 Å². The molecule has 1 aromatic carbocycles. The third-order valence-electron chi connectivity index (χ3n) is 2.89. The SMILES string of the molecule is CCCCc1cnc2cc(C(F)(F)F)ccc2c1. The van der Waals surface area contributed by atoms with Crippen LogP contribution >= 0.6 is 0 Å². The van der Waals surface area contributed by atoms with Crippen LogP contribution in [-0.2, 0) is 12.6 Å². The number of halogens is 3. The second kappa shape index (κ2) is 4.96. The van der Waals surface area contributed by atoms with Crippen LogP contribution in [0.5, 0.6) is 0 Å². The second-order valence-electron chi connectivity index (χ2n) is 4.35. The number of hydrogen-bond donors (Lipinski definition) is 0. The van der Waals surface area contributed by atoms with E-state index in [2.05, 4.69) is 11.9 Å². The summed E-state index contributed by atoms with van der Waals surface area (Å²) < 4.78 is 37.6. The standard InChI is InChI=1S/C14H14F3N/c1-2-3-4-10-7-11-5-6-12(14(15,16)17)8-13(11)18-9-10/h5-9H,2-4H2,1H3. The number of hydrogen-bond acceptors (Lipinski definition) is 1. The van der Waals surface area contributed by atoms with E-state index in [1.807, 2.05) is 6.07 Å². The van der Waals surface area contributed by atoms with Crippen molar-refractivity contribution in [1.82, 2.24) is 4.98 Å². The number of aromatic nitrogens is 1. The molecule has 0 bridgehead atoms. The van der Waals surface area contributed by atoms with Crippen LogP contribution in [0.2, 0.25) is 0 Å². The molecule has 0 N–H and O–H groups in total. The molecule has 0 saturated carbocycles. The van der Waals surface area contributed by atoms with Crippen molar-refractivity contribution in [2.75, 3.05) is 0 Å². The normalized spacial score (nSPS) is 12.0. The third kappa shape index (κ3) is 2.81. The van der Waals surface area contributed by atoms with Gasteiger partial charge in [-0.1, -0.05) is 19.4 Å². The fourth-order valence-corrected chi connectivity index (χ4v) is 1.86. The molecule has 1 nitrogen and oxygen atoms in total. The van der Waals surface area contributed by atoms with Gasteiger partial charge in [0.1, 0.15) is 0 Å². The van der Waals surface area contributed by atoms with Gasteiger partial charge in [-0.25, -0.2) is 0 Å². The molecule has 96 valence electrons. The average Bonchev–Trinajstić information content (AvgIpc) is 2.34. The largest absolute Gasteiger partial charge is 0.416 e. The van der Waals surface area contributed by atoms with Gasteiger partial charge in [0, 0.05) is 11.6 Å². The molecule has 2 rings (SSSR count). The zero-order chi connectivity index (χ0) is 13.2. The third-order valence-corrected chi connectivity index (χ3v) is 2.89. The Morgan fingerprint density at radius 2 is 1.94 bits per heavy atom. The zero-order valence-electron chi connectivity index (χ0n) is 10.1. The Bertz CT molecular complexity index is 546. The van der Waals surface area contributed by atoms with Gasteiger partial charge >= 0.3 is 6.18 Å². The van der Waals surface area contributed by atoms with Crippen molar-refractivity contribution in [1.29, 1.82) is 0 Å². The molecule has 0 saturated heterocycles. The summed E-state index contributed by atoms with van der Waals surface area (Å²) in [6, 6.07) is 5.60. The number of fused-ring (bicyclic) bond motifs is 1. The number of unbranched alkanes of at least 4 members (excludes halogenated alkanes) is 1. The fraction of sp³-hybridized carbons (Fsp3) is 0.357. The second-order valence-corrected chi connectivity index (χ2v) is 4.35. The predicted molar refractivity (Wildman–Crippen MR) is 65.4 cm³/mol. The van der Waals surface area contributed by atoms with Crippen LogP contribution in [0.25, 0.3) is 10.9 Å². The first-order chi connectivity index (χ1) is 8.50. The van der Waals surface area contributed by atoms with E-state index < -0.39 is 11.7 Å². The predicted octanol–water partition coefficient (Wildman–Crippen LogP) is 4.60. The minimum absolute atomic E-state index is 0.394. The molecule has 0 spiro atoms. The molecule has 2 aromatic rings. The minimum Gasteiger partial charge on any atom is -0.256 e. The molecule has 0 aliphatic heterocycles. The van der Waals surface area contributed by atoms with Crippen LogP contribution in [0.3, 0.4) is 0 Å². The first-order valence-electron chi connectivity index (χ1n) is 5.96. The maximum absolute atomic E-state index is 12.5. The zero-order valence-corrected chi connectivity index (χ0v) is 10.1. The van der Waals surface area contributed by atoms with Crippen molar-refractivity contribution in [3.8, 4) is 0 Å². The Labute approximate surface area is 104 Å². The Hall–Kier alpha value is -1.58. The van der Waals surface area contributed by atoms with E-state index in [0.29, 0.717) is 5.52 Å². The molecule has 0 aliphatic carbocycles. The van der Waals surface area contributed by atoms with Gasteiger partial charge in [-0.05, 0) is 36.6 Å². The molecule has 0 amide bonds. The van der Waals surface area contributed by atoms with E-state index in [0.717, 1.165) is 42.3 Å². The van der Waals surface area contributed by atoms with Crippen LogP contribution in [0, 0.1) is 0 Å². The lowest BCUT2D eigenvalue weighted by Crippen LogP contribution is -2.04. The summed E-state index contributed by atoms with van der Waals surface area (Å²) in [4.78, 5) is 4.11. The summed E-state index contributed by atoms with van der Waals surface area (Å²) in [5.74, 6) is 0. The molecule has 4 heteroatoms. The van der Waals surface area contributed by atoms with Gasteiger partial charge in [-0.15, -0.1) is 0 Å². The van der Waals surface area contributed by atoms with E-state index in [9.17, 15) is 13.2 Å². The molecule has 0 unspecified atom stereocenters. The highest BCUT2D eigenvalue weighted by molar-refractivity contribution is 5.79. The summed E-state index contributed by atoms with van der Waals surface area (Å²) in [5, 5.41) is 0.761. The maximum Gasteiger partial charge on any atom is 0.416 e. The molecule has 0 atom stereocenters. The Balaban J connectivity index is 2.36. The van der Waals surface area contributed by atoms with E-state index in [-0.39, 0.29) is 0 Å². The first kappa shape index (κ1) is 12.9. The Kier molecular flexibility index (Phi) is 3.55. The maximum atomic E-state index is 12.5. The summed E-state index contributed by atoms with van der Waals surface area (Å²) in [6.07, 6.45) is 0.425. The molecular formula is C14H14F3N. The Morgan fingerprint density at radius 1 is 1.17 bits per heavy atom. The lowest BCUT2D eigenvalue weighted by Gasteiger charge is -2.08. The number of pyridine rings is 1. The van der Waals surface area contributed by atoms with Gasteiger partial charge in [0.25, 0.3) is 0 Å². The van der Waals surface area contributed by atoms with Crippen molar-refractivity contribution >= 4 is 10.9 Å². The highest BCUT2D eigenvalue weighted by Crippen LogP contribution is 2.31. The minimum atomic E-state index is -4.31. The molecule has 1 aromatic heterocycles. The number of aryl methyl sites for hydroxylation is 1. The average molecular weight is 253 g/mol. The van der Waals surface area contributed by atoms with E-state index >= 15 is 0 Å². The fourth-order valence-electron chi connectivity index (χ4n) is 1.86. The topological polar surface area (TPSA) is 12.9 Å². The van der Waals surface area contributed by atoms with Crippen molar-refractivity contribution in [2.24, 2.45) is 0 Å². The van der Waals surface area contributed by atoms with E-state index in [1.165, 1.54) is 6.07 Å². The lowest BCUT2D eigenvalue weighted by molar-refractivity contribution is -0.137. The van der Waals surface area contributed by atoms with Gasteiger partial charge in [-0.2, -0.15) is 13.2 Å². The number of benzene rings is 1. The number of alkyl halides is 3. The molecule has 0 fully saturated rings. The van der Waals surface area contributed by atoms with Crippen LogP contribution in [0.1, 0.15) is 30.9 Å². The van der Waals surface area contributed by atoms with Crippen molar-refractivity contribution in [3.63, 3.8) is 0 Å². The summed E-state index contributed by atoms with van der Waals surface area (Å²) in [7, 11) is 0. The smallest absolute Gasteiger partial charge is 0.256 e. The number of rotatable bonds is 3. The monoisotopic (exact) mass is 253 g/mol. The molecule has 0 radical (unpaired) electrons. The summed E-state index contributed by atoms with van der Waals surface area (Å²) in [6.45, 7) is 2.10.